The molecule has 1 saturated heterocycles. The van der Waals surface area contributed by atoms with Crippen molar-refractivity contribution in [3.63, 3.8) is 0 Å². The Morgan fingerprint density at radius 2 is 2.00 bits per heavy atom. The van der Waals surface area contributed by atoms with Crippen LogP contribution in [0, 0.1) is 11.8 Å². The number of furan rings is 1. The lowest BCUT2D eigenvalue weighted by Gasteiger charge is -2.34. The maximum Gasteiger partial charge on any atom is 0.289 e. The highest BCUT2D eigenvalue weighted by Crippen LogP contribution is 2.25. The van der Waals surface area contributed by atoms with Gasteiger partial charge in [0.05, 0.1) is 5.38 Å². The molecule has 1 aromatic rings. The number of hydrogen-bond acceptors (Lipinski definition) is 2. The molecule has 2 rings (SSSR count). The van der Waals surface area contributed by atoms with Crippen LogP contribution in [0.25, 0.3) is 0 Å². The third-order valence-corrected chi connectivity index (χ3v) is 3.60. The fourth-order valence-electron chi connectivity index (χ4n) is 2.67. The maximum atomic E-state index is 12.3. The van der Waals surface area contributed by atoms with E-state index in [0.29, 0.717) is 23.4 Å². The van der Waals surface area contributed by atoms with Crippen LogP contribution in [-0.4, -0.2) is 23.9 Å². The Bertz CT molecular complexity index is 417. The molecular formula is C14H20ClNO2. The van der Waals surface area contributed by atoms with E-state index in [1.807, 2.05) is 11.8 Å². The van der Waals surface area contributed by atoms with Crippen LogP contribution in [0.5, 0.6) is 0 Å². The van der Waals surface area contributed by atoms with Crippen molar-refractivity contribution in [1.82, 2.24) is 4.90 Å². The van der Waals surface area contributed by atoms with E-state index in [1.165, 1.54) is 6.42 Å². The number of piperidine rings is 1. The third-order valence-electron chi connectivity index (χ3n) is 3.39. The van der Waals surface area contributed by atoms with E-state index in [4.69, 9.17) is 16.0 Å². The highest BCUT2D eigenvalue weighted by molar-refractivity contribution is 6.20. The lowest BCUT2D eigenvalue weighted by atomic mass is 9.92. The van der Waals surface area contributed by atoms with Gasteiger partial charge in [0.15, 0.2) is 5.76 Å². The molecule has 4 heteroatoms. The van der Waals surface area contributed by atoms with Crippen molar-refractivity contribution >= 4 is 17.5 Å². The molecule has 0 N–H and O–H groups in total. The summed E-state index contributed by atoms with van der Waals surface area (Å²) in [6.07, 6.45) is 1.19. The smallest absolute Gasteiger partial charge is 0.289 e. The molecule has 1 fully saturated rings. The van der Waals surface area contributed by atoms with Crippen molar-refractivity contribution < 1.29 is 9.21 Å². The van der Waals surface area contributed by atoms with Gasteiger partial charge in [0, 0.05) is 13.1 Å². The molecule has 1 amide bonds. The summed E-state index contributed by atoms with van der Waals surface area (Å²) in [5.41, 5.74) is 0. The summed E-state index contributed by atoms with van der Waals surface area (Å²) in [7, 11) is 0. The fraction of sp³-hybridized carbons (Fsp3) is 0.643. The van der Waals surface area contributed by atoms with E-state index in [9.17, 15) is 4.79 Å². The molecule has 3 unspecified atom stereocenters. The second kappa shape index (κ2) is 5.35. The van der Waals surface area contributed by atoms with Crippen molar-refractivity contribution in [2.24, 2.45) is 11.8 Å². The summed E-state index contributed by atoms with van der Waals surface area (Å²) < 4.78 is 5.51. The average molecular weight is 270 g/mol. The monoisotopic (exact) mass is 269 g/mol. The molecular weight excluding hydrogens is 250 g/mol. The Hall–Kier alpha value is -0.960. The minimum atomic E-state index is -0.203. The van der Waals surface area contributed by atoms with Gasteiger partial charge in [0.2, 0.25) is 0 Å². The normalized spacial score (nSPS) is 26.1. The van der Waals surface area contributed by atoms with Gasteiger partial charge in [0.1, 0.15) is 5.76 Å². The predicted molar refractivity (Wildman–Crippen MR) is 71.8 cm³/mol. The van der Waals surface area contributed by atoms with Crippen molar-refractivity contribution in [3.8, 4) is 0 Å². The molecule has 0 spiro atoms. The number of amides is 1. The van der Waals surface area contributed by atoms with E-state index in [0.717, 1.165) is 13.1 Å². The van der Waals surface area contributed by atoms with Crippen molar-refractivity contribution in [2.45, 2.75) is 32.6 Å². The molecule has 18 heavy (non-hydrogen) atoms. The SMILES string of the molecule is CC1CC(C)CN(C(=O)c2ccc(C(C)Cl)o2)C1. The first kappa shape index (κ1) is 13.5. The van der Waals surface area contributed by atoms with Crippen LogP contribution in [-0.2, 0) is 0 Å². The van der Waals surface area contributed by atoms with Crippen LogP contribution >= 0.6 is 11.6 Å². The van der Waals surface area contributed by atoms with Crippen LogP contribution in [0.4, 0.5) is 0 Å². The molecule has 0 radical (unpaired) electrons. The Balaban J connectivity index is 2.10. The van der Waals surface area contributed by atoms with E-state index in [-0.39, 0.29) is 11.3 Å². The highest BCUT2D eigenvalue weighted by Gasteiger charge is 2.27. The molecule has 3 atom stereocenters. The van der Waals surface area contributed by atoms with Gasteiger partial charge < -0.3 is 9.32 Å². The summed E-state index contributed by atoms with van der Waals surface area (Å²) in [5.74, 6) is 2.15. The summed E-state index contributed by atoms with van der Waals surface area (Å²) >= 11 is 5.93. The Morgan fingerprint density at radius 1 is 1.39 bits per heavy atom. The van der Waals surface area contributed by atoms with Crippen LogP contribution < -0.4 is 0 Å². The van der Waals surface area contributed by atoms with Crippen molar-refractivity contribution in [2.75, 3.05) is 13.1 Å². The first-order valence-corrected chi connectivity index (χ1v) is 6.94. The zero-order chi connectivity index (χ0) is 13.3. The molecule has 3 nitrogen and oxygen atoms in total. The van der Waals surface area contributed by atoms with E-state index >= 15 is 0 Å². The third kappa shape index (κ3) is 2.89. The molecule has 1 aliphatic heterocycles. The van der Waals surface area contributed by atoms with E-state index < -0.39 is 0 Å². The van der Waals surface area contributed by atoms with Crippen LogP contribution in [0.1, 0.15) is 48.9 Å². The topological polar surface area (TPSA) is 33.5 Å². The van der Waals surface area contributed by atoms with Gasteiger partial charge in [-0.15, -0.1) is 11.6 Å². The number of hydrogen-bond donors (Lipinski definition) is 0. The quantitative estimate of drug-likeness (QED) is 0.767. The second-order valence-electron chi connectivity index (χ2n) is 5.47. The molecule has 0 bridgehead atoms. The van der Waals surface area contributed by atoms with E-state index in [2.05, 4.69) is 13.8 Å². The van der Waals surface area contributed by atoms with Crippen molar-refractivity contribution in [1.29, 1.82) is 0 Å². The number of nitrogens with zero attached hydrogens (tertiary/aromatic N) is 1. The number of carbonyl (C=O) groups excluding carboxylic acids is 1. The predicted octanol–water partition coefficient (Wildman–Crippen LogP) is 3.70. The van der Waals surface area contributed by atoms with Crippen LogP contribution in [0.3, 0.4) is 0 Å². The Kier molecular flexibility index (Phi) is 4.00. The number of carbonyl (C=O) groups is 1. The number of alkyl halides is 1. The maximum absolute atomic E-state index is 12.3. The molecule has 100 valence electrons. The summed E-state index contributed by atoms with van der Waals surface area (Å²) in [5, 5.41) is -0.203. The number of rotatable bonds is 2. The summed E-state index contributed by atoms with van der Waals surface area (Å²) in [6.45, 7) is 7.83. The van der Waals surface area contributed by atoms with Gasteiger partial charge >= 0.3 is 0 Å². The second-order valence-corrected chi connectivity index (χ2v) is 6.13. The molecule has 2 heterocycles. The molecule has 0 saturated carbocycles. The minimum Gasteiger partial charge on any atom is -0.454 e. The van der Waals surface area contributed by atoms with Gasteiger partial charge in [-0.2, -0.15) is 0 Å². The molecule has 1 aliphatic rings. The van der Waals surface area contributed by atoms with Crippen LogP contribution in [0.15, 0.2) is 16.5 Å². The molecule has 0 aliphatic carbocycles. The number of likely N-dealkylation sites (tertiary alicyclic amines) is 1. The molecule has 0 aromatic carbocycles. The fourth-order valence-corrected chi connectivity index (χ4v) is 2.78. The zero-order valence-electron chi connectivity index (χ0n) is 11.1. The van der Waals surface area contributed by atoms with Gasteiger partial charge in [-0.1, -0.05) is 13.8 Å². The lowest BCUT2D eigenvalue weighted by molar-refractivity contribution is 0.0589. The van der Waals surface area contributed by atoms with Gasteiger partial charge in [-0.25, -0.2) is 0 Å². The largest absolute Gasteiger partial charge is 0.454 e. The van der Waals surface area contributed by atoms with Crippen molar-refractivity contribution in [3.05, 3.63) is 23.7 Å². The number of halogens is 1. The first-order chi connectivity index (χ1) is 8.47. The highest BCUT2D eigenvalue weighted by atomic mass is 35.5. The summed E-state index contributed by atoms with van der Waals surface area (Å²) in [6, 6.07) is 3.50. The minimum absolute atomic E-state index is 0.0167. The zero-order valence-corrected chi connectivity index (χ0v) is 11.9. The lowest BCUT2D eigenvalue weighted by Crippen LogP contribution is -2.42. The van der Waals surface area contributed by atoms with Gasteiger partial charge in [-0.3, -0.25) is 4.79 Å². The Morgan fingerprint density at radius 3 is 2.50 bits per heavy atom. The molecule has 1 aromatic heterocycles. The van der Waals surface area contributed by atoms with Gasteiger partial charge in [-0.05, 0) is 37.3 Å². The van der Waals surface area contributed by atoms with Gasteiger partial charge in [0.25, 0.3) is 5.91 Å². The first-order valence-electron chi connectivity index (χ1n) is 6.50. The summed E-state index contributed by atoms with van der Waals surface area (Å²) in [4.78, 5) is 14.2. The van der Waals surface area contributed by atoms with Crippen LogP contribution in [0.2, 0.25) is 0 Å². The standard InChI is InChI=1S/C14H20ClNO2/c1-9-6-10(2)8-16(7-9)14(17)13-5-4-12(18-13)11(3)15/h4-5,9-11H,6-8H2,1-3H3. The van der Waals surface area contributed by atoms with E-state index in [1.54, 1.807) is 12.1 Å². The average Bonchev–Trinajstić information content (AvgIpc) is 2.75. The Labute approximate surface area is 113 Å².